The second-order valence-electron chi connectivity index (χ2n) is 5.02. The summed E-state index contributed by atoms with van der Waals surface area (Å²) >= 11 is 0. The summed E-state index contributed by atoms with van der Waals surface area (Å²) in [6.07, 6.45) is 7.15. The number of rotatable bonds is 8. The first-order valence-corrected chi connectivity index (χ1v) is 6.81. The van der Waals surface area contributed by atoms with Gasteiger partial charge >= 0.3 is 5.97 Å². The minimum absolute atomic E-state index is 0.136. The Morgan fingerprint density at radius 3 is 2.78 bits per heavy atom. The van der Waals surface area contributed by atoms with E-state index in [1.165, 1.54) is 6.42 Å². The minimum atomic E-state index is -0.229. The van der Waals surface area contributed by atoms with Gasteiger partial charge < -0.3 is 14.2 Å². The monoisotopic (exact) mass is 254 g/mol. The molecule has 0 radical (unpaired) electrons. The van der Waals surface area contributed by atoms with Crippen LogP contribution in [-0.2, 0) is 19.0 Å². The van der Waals surface area contributed by atoms with Gasteiger partial charge in [-0.1, -0.05) is 19.4 Å². The van der Waals surface area contributed by atoms with Crippen molar-refractivity contribution in [2.45, 2.75) is 57.8 Å². The second kappa shape index (κ2) is 6.34. The molecule has 0 N–H and O–H groups in total. The molecule has 0 aromatic carbocycles. The molecule has 0 aliphatic carbocycles. The first-order chi connectivity index (χ1) is 8.70. The molecule has 3 atom stereocenters. The molecule has 18 heavy (non-hydrogen) atoms. The Morgan fingerprint density at radius 2 is 2.11 bits per heavy atom. The van der Waals surface area contributed by atoms with E-state index in [1.54, 1.807) is 6.92 Å². The third kappa shape index (κ3) is 4.42. The zero-order valence-electron chi connectivity index (χ0n) is 11.2. The summed E-state index contributed by atoms with van der Waals surface area (Å²) in [5, 5.41) is 0. The molecule has 4 heteroatoms. The molecule has 0 amide bonds. The van der Waals surface area contributed by atoms with Crippen molar-refractivity contribution in [1.82, 2.24) is 0 Å². The van der Waals surface area contributed by atoms with E-state index in [9.17, 15) is 4.79 Å². The van der Waals surface area contributed by atoms with E-state index in [2.05, 4.69) is 6.92 Å². The van der Waals surface area contributed by atoms with Crippen molar-refractivity contribution in [3.63, 3.8) is 0 Å². The van der Waals surface area contributed by atoms with E-state index in [4.69, 9.17) is 14.2 Å². The Balaban J connectivity index is 1.57. The van der Waals surface area contributed by atoms with Crippen LogP contribution in [0.4, 0.5) is 0 Å². The molecule has 0 bridgehead atoms. The number of esters is 1. The summed E-state index contributed by atoms with van der Waals surface area (Å²) in [7, 11) is 0. The summed E-state index contributed by atoms with van der Waals surface area (Å²) in [4.78, 5) is 11.6. The Bertz CT molecular complexity index is 320. The molecular weight excluding hydrogens is 232 g/mol. The van der Waals surface area contributed by atoms with Crippen molar-refractivity contribution in [1.29, 1.82) is 0 Å². The van der Waals surface area contributed by atoms with Gasteiger partial charge in [0.05, 0.1) is 18.8 Å². The van der Waals surface area contributed by atoms with Crippen molar-refractivity contribution in [2.75, 3.05) is 13.2 Å². The zero-order chi connectivity index (χ0) is 13.0. The molecule has 2 aliphatic rings. The number of hydrogen-bond donors (Lipinski definition) is 0. The van der Waals surface area contributed by atoms with Crippen LogP contribution < -0.4 is 0 Å². The minimum Gasteiger partial charge on any atom is -0.459 e. The van der Waals surface area contributed by atoms with E-state index in [0.29, 0.717) is 31.0 Å². The largest absolute Gasteiger partial charge is 0.459 e. The smallest absolute Gasteiger partial charge is 0.333 e. The average molecular weight is 254 g/mol. The van der Waals surface area contributed by atoms with Crippen LogP contribution in [0.25, 0.3) is 0 Å². The van der Waals surface area contributed by atoms with E-state index in [1.807, 2.05) is 6.08 Å². The van der Waals surface area contributed by atoms with E-state index >= 15 is 0 Å². The maximum absolute atomic E-state index is 11.6. The number of ether oxygens (including phenoxy) is 3. The van der Waals surface area contributed by atoms with Crippen LogP contribution >= 0.6 is 0 Å². The van der Waals surface area contributed by atoms with Crippen LogP contribution in [0, 0.1) is 0 Å². The maximum Gasteiger partial charge on any atom is 0.333 e. The predicted molar refractivity (Wildman–Crippen MR) is 67.3 cm³/mol. The topological polar surface area (TPSA) is 51.4 Å². The SMILES string of the molecule is CCCC1OC1CC/C=C(\C)C(=O)OCC1CO1. The van der Waals surface area contributed by atoms with Gasteiger partial charge in [0.2, 0.25) is 0 Å². The molecule has 3 unspecified atom stereocenters. The lowest BCUT2D eigenvalue weighted by Gasteiger charge is -2.02. The van der Waals surface area contributed by atoms with Crippen LogP contribution in [0.2, 0.25) is 0 Å². The standard InChI is InChI=1S/C14H22O4/c1-3-5-12-13(18-12)7-4-6-10(2)14(15)17-9-11-8-16-11/h6,11-13H,3-5,7-9H2,1-2H3/b10-6+. The molecule has 4 nitrogen and oxygen atoms in total. The summed E-state index contributed by atoms with van der Waals surface area (Å²) in [6, 6.07) is 0. The lowest BCUT2D eigenvalue weighted by molar-refractivity contribution is -0.139. The normalized spacial score (nSPS) is 30.1. The average Bonchev–Trinajstić information content (AvgIpc) is 3.23. The molecule has 2 aliphatic heterocycles. The lowest BCUT2D eigenvalue weighted by atomic mass is 10.1. The van der Waals surface area contributed by atoms with Crippen LogP contribution in [0.15, 0.2) is 11.6 Å². The third-order valence-corrected chi connectivity index (χ3v) is 3.29. The van der Waals surface area contributed by atoms with Crippen molar-refractivity contribution in [3.8, 4) is 0 Å². The van der Waals surface area contributed by atoms with E-state index < -0.39 is 0 Å². The van der Waals surface area contributed by atoms with Gasteiger partial charge in [0.15, 0.2) is 0 Å². The molecule has 2 rings (SSSR count). The Hall–Kier alpha value is -0.870. The first-order valence-electron chi connectivity index (χ1n) is 6.81. The number of carbonyl (C=O) groups is 1. The molecule has 0 saturated carbocycles. The fourth-order valence-corrected chi connectivity index (χ4v) is 1.97. The molecule has 2 saturated heterocycles. The summed E-state index contributed by atoms with van der Waals surface area (Å²) in [5.74, 6) is -0.229. The fraction of sp³-hybridized carbons (Fsp3) is 0.786. The number of carbonyl (C=O) groups excluding carboxylic acids is 1. The van der Waals surface area contributed by atoms with Crippen LogP contribution in [0.3, 0.4) is 0 Å². The van der Waals surface area contributed by atoms with Crippen LogP contribution in [0.1, 0.15) is 39.5 Å². The Labute approximate surface area is 108 Å². The Morgan fingerprint density at radius 1 is 1.39 bits per heavy atom. The summed E-state index contributed by atoms with van der Waals surface area (Å²) < 4.78 is 15.6. The lowest BCUT2D eigenvalue weighted by Crippen LogP contribution is -2.10. The molecule has 102 valence electrons. The molecule has 0 aromatic rings. The highest BCUT2D eigenvalue weighted by atomic mass is 16.6. The number of hydrogen-bond acceptors (Lipinski definition) is 4. The fourth-order valence-electron chi connectivity index (χ4n) is 1.97. The molecule has 0 aromatic heterocycles. The van der Waals surface area contributed by atoms with Gasteiger partial charge in [0, 0.05) is 5.57 Å². The quantitative estimate of drug-likeness (QED) is 0.378. The van der Waals surface area contributed by atoms with Gasteiger partial charge in [-0.15, -0.1) is 0 Å². The molecule has 2 heterocycles. The van der Waals surface area contributed by atoms with Gasteiger partial charge in [0.25, 0.3) is 0 Å². The van der Waals surface area contributed by atoms with Gasteiger partial charge in [-0.25, -0.2) is 4.79 Å². The van der Waals surface area contributed by atoms with E-state index in [0.717, 1.165) is 19.3 Å². The predicted octanol–water partition coefficient (Wildman–Crippen LogP) is 2.22. The van der Waals surface area contributed by atoms with E-state index in [-0.39, 0.29) is 12.1 Å². The third-order valence-electron chi connectivity index (χ3n) is 3.29. The second-order valence-corrected chi connectivity index (χ2v) is 5.02. The maximum atomic E-state index is 11.6. The van der Waals surface area contributed by atoms with Crippen molar-refractivity contribution in [2.24, 2.45) is 0 Å². The highest BCUT2D eigenvalue weighted by Gasteiger charge is 2.36. The highest BCUT2D eigenvalue weighted by molar-refractivity contribution is 5.87. The van der Waals surface area contributed by atoms with Crippen LogP contribution in [0.5, 0.6) is 0 Å². The highest BCUT2D eigenvalue weighted by Crippen LogP contribution is 2.30. The van der Waals surface area contributed by atoms with Crippen LogP contribution in [-0.4, -0.2) is 37.5 Å². The number of allylic oxidation sites excluding steroid dienone is 1. The van der Waals surface area contributed by atoms with Crippen molar-refractivity contribution < 1.29 is 19.0 Å². The van der Waals surface area contributed by atoms with Gasteiger partial charge in [-0.05, 0) is 26.2 Å². The Kier molecular flexibility index (Phi) is 4.78. The summed E-state index contributed by atoms with van der Waals surface area (Å²) in [5.41, 5.74) is 0.684. The first kappa shape index (κ1) is 13.6. The zero-order valence-corrected chi connectivity index (χ0v) is 11.2. The molecule has 2 fully saturated rings. The molecule has 0 spiro atoms. The van der Waals surface area contributed by atoms with Gasteiger partial charge in [0.1, 0.15) is 12.7 Å². The molecular formula is C14H22O4. The van der Waals surface area contributed by atoms with Gasteiger partial charge in [-0.2, -0.15) is 0 Å². The number of epoxide rings is 2. The summed E-state index contributed by atoms with van der Waals surface area (Å²) in [6.45, 7) is 5.07. The van der Waals surface area contributed by atoms with Crippen molar-refractivity contribution in [3.05, 3.63) is 11.6 Å². The van der Waals surface area contributed by atoms with Crippen molar-refractivity contribution >= 4 is 5.97 Å². The van der Waals surface area contributed by atoms with Gasteiger partial charge in [-0.3, -0.25) is 0 Å².